The third-order valence-corrected chi connectivity index (χ3v) is 10.9. The molecule has 0 fully saturated rings. The van der Waals surface area contributed by atoms with Gasteiger partial charge in [0.25, 0.3) is 0 Å². The summed E-state index contributed by atoms with van der Waals surface area (Å²) in [6, 6.07) is -0.714. The highest BCUT2D eigenvalue weighted by Crippen LogP contribution is 2.17. The van der Waals surface area contributed by atoms with Crippen LogP contribution in [-0.2, 0) is 14.3 Å². The lowest BCUT2D eigenvalue weighted by atomic mass is 10.0. The number of esters is 1. The van der Waals surface area contributed by atoms with Crippen molar-refractivity contribution in [1.29, 1.82) is 0 Å². The first-order chi connectivity index (χ1) is 28.5. The van der Waals surface area contributed by atoms with Crippen molar-refractivity contribution >= 4 is 11.9 Å². The number of rotatable bonds is 43. The number of allylic oxidation sites excluding steroid dienone is 10. The summed E-state index contributed by atoms with van der Waals surface area (Å²) >= 11 is 0. The molecule has 0 aliphatic carbocycles. The average molecular weight is 812 g/mol. The van der Waals surface area contributed by atoms with Crippen molar-refractivity contribution < 1.29 is 24.5 Å². The van der Waals surface area contributed by atoms with Gasteiger partial charge in [-0.25, -0.2) is 0 Å². The molecule has 0 rings (SSSR count). The van der Waals surface area contributed by atoms with Crippen molar-refractivity contribution in [3.05, 3.63) is 60.8 Å². The molecular formula is C52H93NO5. The molecule has 1 amide bonds. The third-order valence-electron chi connectivity index (χ3n) is 10.9. The second kappa shape index (κ2) is 45.6. The van der Waals surface area contributed by atoms with E-state index in [1.165, 1.54) is 89.9 Å². The van der Waals surface area contributed by atoms with E-state index in [1.807, 2.05) is 0 Å². The van der Waals surface area contributed by atoms with E-state index in [4.69, 9.17) is 4.74 Å². The summed E-state index contributed by atoms with van der Waals surface area (Å²) in [4.78, 5) is 26.1. The maximum Gasteiger partial charge on any atom is 0.306 e. The van der Waals surface area contributed by atoms with E-state index in [1.54, 1.807) is 0 Å². The van der Waals surface area contributed by atoms with Crippen LogP contribution in [0.2, 0.25) is 0 Å². The fourth-order valence-corrected chi connectivity index (χ4v) is 7.19. The topological polar surface area (TPSA) is 95.9 Å². The third kappa shape index (κ3) is 40.3. The standard InChI is InChI=1S/C52H93NO5/c1-4-7-10-13-16-19-22-24-25-26-28-29-31-34-37-40-43-48(58-52(57)45-42-39-36-33-30-27-23-20-17-14-11-8-5-2)46-51(56)53-49(47-54)50(55)44-41-38-35-32-21-18-15-12-9-6-3/h8,11,14,17,20,23,25-26,28-29,48-50,54-55H,4-7,9-10,12-13,15-16,18-19,21-22,24,27,30-47H2,1-3H3,(H,53,56)/b11-8+,17-14+,23-20-,26-25+,29-28+. The minimum atomic E-state index is -0.798. The predicted octanol–water partition coefficient (Wildman–Crippen LogP) is 14.5. The highest BCUT2D eigenvalue weighted by molar-refractivity contribution is 5.77. The molecule has 336 valence electrons. The van der Waals surface area contributed by atoms with Gasteiger partial charge in [0.2, 0.25) is 5.91 Å². The number of nitrogens with one attached hydrogen (secondary N) is 1. The van der Waals surface area contributed by atoms with Crippen LogP contribution in [-0.4, -0.2) is 46.9 Å². The van der Waals surface area contributed by atoms with Crippen LogP contribution in [0.25, 0.3) is 0 Å². The molecule has 0 aliphatic rings. The molecule has 6 heteroatoms. The summed E-state index contributed by atoms with van der Waals surface area (Å²) in [6.45, 7) is 6.32. The summed E-state index contributed by atoms with van der Waals surface area (Å²) in [5, 5.41) is 23.7. The number of amides is 1. The summed E-state index contributed by atoms with van der Waals surface area (Å²) in [5.74, 6) is -0.525. The van der Waals surface area contributed by atoms with Crippen LogP contribution in [0.1, 0.15) is 233 Å². The summed E-state index contributed by atoms with van der Waals surface area (Å²) in [6.07, 6.45) is 55.6. The van der Waals surface area contributed by atoms with E-state index in [2.05, 4.69) is 86.8 Å². The molecule has 0 aromatic rings. The van der Waals surface area contributed by atoms with E-state index in [0.29, 0.717) is 19.3 Å². The number of aliphatic hydroxyl groups excluding tert-OH is 2. The van der Waals surface area contributed by atoms with Crippen molar-refractivity contribution in [2.24, 2.45) is 0 Å². The monoisotopic (exact) mass is 812 g/mol. The van der Waals surface area contributed by atoms with Crippen LogP contribution in [0.3, 0.4) is 0 Å². The van der Waals surface area contributed by atoms with Crippen molar-refractivity contribution in [1.82, 2.24) is 5.32 Å². The van der Waals surface area contributed by atoms with E-state index in [-0.39, 0.29) is 24.9 Å². The van der Waals surface area contributed by atoms with Gasteiger partial charge in [0.05, 0.1) is 25.2 Å². The maximum atomic E-state index is 13.2. The molecule has 0 bridgehead atoms. The molecule has 3 N–H and O–H groups in total. The molecule has 0 saturated heterocycles. The number of carbonyl (C=O) groups is 2. The van der Waals surface area contributed by atoms with Crippen LogP contribution in [0, 0.1) is 0 Å². The Kier molecular flexibility index (Phi) is 43.7. The van der Waals surface area contributed by atoms with Gasteiger partial charge in [0.15, 0.2) is 0 Å². The summed E-state index contributed by atoms with van der Waals surface area (Å²) < 4.78 is 5.90. The van der Waals surface area contributed by atoms with Crippen LogP contribution in [0.15, 0.2) is 60.8 Å². The second-order valence-electron chi connectivity index (χ2n) is 16.6. The van der Waals surface area contributed by atoms with Crippen LogP contribution < -0.4 is 5.32 Å². The van der Waals surface area contributed by atoms with Crippen LogP contribution in [0.5, 0.6) is 0 Å². The van der Waals surface area contributed by atoms with Gasteiger partial charge < -0.3 is 20.3 Å². The van der Waals surface area contributed by atoms with Gasteiger partial charge in [-0.2, -0.15) is 0 Å². The molecular weight excluding hydrogens is 719 g/mol. The maximum absolute atomic E-state index is 13.2. The molecule has 0 radical (unpaired) electrons. The zero-order valence-corrected chi connectivity index (χ0v) is 38.2. The van der Waals surface area contributed by atoms with Gasteiger partial charge in [-0.05, 0) is 70.6 Å². The lowest BCUT2D eigenvalue weighted by molar-refractivity contribution is -0.151. The largest absolute Gasteiger partial charge is 0.462 e. The Hall–Kier alpha value is -2.44. The lowest BCUT2D eigenvalue weighted by Gasteiger charge is -2.24. The SMILES string of the molecule is CC/C=C/C=C/C=C\CCCCCCCC(=O)OC(CCCCC/C=C/C=C/CCCCCCCCC)CC(=O)NC(CO)C(O)CCCCCCCCCCCC. The van der Waals surface area contributed by atoms with Gasteiger partial charge >= 0.3 is 5.97 Å². The Morgan fingerprint density at radius 2 is 0.931 bits per heavy atom. The van der Waals surface area contributed by atoms with E-state index >= 15 is 0 Å². The fraction of sp³-hybridized carbons (Fsp3) is 0.769. The molecule has 0 heterocycles. The Bertz CT molecular complexity index is 1050. The lowest BCUT2D eigenvalue weighted by Crippen LogP contribution is -2.46. The second-order valence-corrected chi connectivity index (χ2v) is 16.6. The van der Waals surface area contributed by atoms with Crippen LogP contribution in [0.4, 0.5) is 0 Å². The normalized spacial score (nSPS) is 13.8. The van der Waals surface area contributed by atoms with Gasteiger partial charge in [-0.15, -0.1) is 0 Å². The summed E-state index contributed by atoms with van der Waals surface area (Å²) in [5.41, 5.74) is 0. The molecule has 0 aliphatic heterocycles. The average Bonchev–Trinajstić information content (AvgIpc) is 3.22. The molecule has 3 atom stereocenters. The number of unbranched alkanes of at least 4 members (excludes halogenated alkanes) is 24. The number of hydrogen-bond acceptors (Lipinski definition) is 5. The quantitative estimate of drug-likeness (QED) is 0.0324. The zero-order valence-electron chi connectivity index (χ0n) is 38.2. The first kappa shape index (κ1) is 55.6. The Labute approximate surface area is 358 Å². The molecule has 6 nitrogen and oxygen atoms in total. The van der Waals surface area contributed by atoms with Gasteiger partial charge in [-0.1, -0.05) is 210 Å². The number of aliphatic hydroxyl groups is 2. The highest BCUT2D eigenvalue weighted by Gasteiger charge is 2.24. The minimum Gasteiger partial charge on any atom is -0.462 e. The first-order valence-electron chi connectivity index (χ1n) is 24.6. The van der Waals surface area contributed by atoms with Gasteiger partial charge in [-0.3, -0.25) is 9.59 Å². The number of ether oxygens (including phenoxy) is 1. The number of hydrogen-bond donors (Lipinski definition) is 3. The molecule has 0 saturated carbocycles. The highest BCUT2D eigenvalue weighted by atomic mass is 16.5. The molecule has 0 aromatic heterocycles. The van der Waals surface area contributed by atoms with Crippen molar-refractivity contribution in [2.75, 3.05) is 6.61 Å². The first-order valence-corrected chi connectivity index (χ1v) is 24.6. The van der Waals surface area contributed by atoms with E-state index in [9.17, 15) is 19.8 Å². The van der Waals surface area contributed by atoms with Gasteiger partial charge in [0.1, 0.15) is 6.10 Å². The predicted molar refractivity (Wildman–Crippen MR) is 250 cm³/mol. The fourth-order valence-electron chi connectivity index (χ4n) is 7.19. The Morgan fingerprint density at radius 3 is 1.43 bits per heavy atom. The molecule has 3 unspecified atom stereocenters. The Morgan fingerprint density at radius 1 is 0.517 bits per heavy atom. The van der Waals surface area contributed by atoms with E-state index in [0.717, 1.165) is 96.3 Å². The smallest absolute Gasteiger partial charge is 0.306 e. The minimum absolute atomic E-state index is 0.0499. The Balaban J connectivity index is 4.69. The van der Waals surface area contributed by atoms with Crippen molar-refractivity contribution in [3.8, 4) is 0 Å². The summed E-state index contributed by atoms with van der Waals surface area (Å²) in [7, 11) is 0. The van der Waals surface area contributed by atoms with Crippen molar-refractivity contribution in [2.45, 2.75) is 251 Å². The van der Waals surface area contributed by atoms with Gasteiger partial charge in [0, 0.05) is 6.42 Å². The molecule has 0 spiro atoms. The van der Waals surface area contributed by atoms with Crippen molar-refractivity contribution in [3.63, 3.8) is 0 Å². The van der Waals surface area contributed by atoms with Crippen LogP contribution >= 0.6 is 0 Å². The zero-order chi connectivity index (χ0) is 42.4. The molecule has 0 aromatic carbocycles. The number of carbonyl (C=O) groups excluding carboxylic acids is 2. The molecule has 58 heavy (non-hydrogen) atoms. The van der Waals surface area contributed by atoms with E-state index < -0.39 is 18.2 Å².